The Kier molecular flexibility index (Phi) is 5.88. The number of likely N-dealkylation sites (tertiary alicyclic amines) is 1. The smallest absolute Gasteiger partial charge is 0.303 e. The largest absolute Gasteiger partial charge is 0.497 e. The van der Waals surface area contributed by atoms with Crippen molar-refractivity contribution >= 4 is 23.2 Å². The number of carboxylic acid groups (broad SMARTS) is 1. The Bertz CT molecular complexity index is 772. The first kappa shape index (κ1) is 18.4. The third-order valence-electron chi connectivity index (χ3n) is 4.64. The molecule has 0 saturated carbocycles. The Morgan fingerprint density at radius 1 is 1.31 bits per heavy atom. The first-order chi connectivity index (χ1) is 12.6. The van der Waals surface area contributed by atoms with Crippen LogP contribution in [0.4, 0.5) is 0 Å². The third kappa shape index (κ3) is 4.22. The first-order valence-corrected chi connectivity index (χ1v) is 9.59. The molecule has 7 heteroatoms. The Balaban J connectivity index is 1.74. The lowest BCUT2D eigenvalue weighted by Crippen LogP contribution is -2.44. The molecule has 3 rings (SSSR count). The number of ether oxygens (including phenoxy) is 1. The van der Waals surface area contributed by atoms with E-state index in [9.17, 15) is 9.59 Å². The molecule has 2 aromatic rings. The number of piperidine rings is 1. The summed E-state index contributed by atoms with van der Waals surface area (Å²) in [5.74, 6) is -0.147. The highest BCUT2D eigenvalue weighted by Gasteiger charge is 2.29. The van der Waals surface area contributed by atoms with Crippen molar-refractivity contribution < 1.29 is 19.4 Å². The second kappa shape index (κ2) is 8.31. The van der Waals surface area contributed by atoms with E-state index in [1.54, 1.807) is 17.4 Å². The van der Waals surface area contributed by atoms with Gasteiger partial charge in [0.1, 0.15) is 16.5 Å². The summed E-state index contributed by atoms with van der Waals surface area (Å²) in [5.41, 5.74) is 1.37. The topological polar surface area (TPSA) is 79.7 Å². The zero-order chi connectivity index (χ0) is 18.5. The van der Waals surface area contributed by atoms with Gasteiger partial charge >= 0.3 is 5.97 Å². The number of hydrogen-bond donors (Lipinski definition) is 1. The van der Waals surface area contributed by atoms with E-state index in [0.29, 0.717) is 18.7 Å². The number of aliphatic carboxylic acids is 1. The van der Waals surface area contributed by atoms with E-state index in [4.69, 9.17) is 9.84 Å². The number of carbonyl (C=O) groups is 2. The molecule has 138 valence electrons. The van der Waals surface area contributed by atoms with Gasteiger partial charge in [0, 0.05) is 30.0 Å². The quantitative estimate of drug-likeness (QED) is 0.834. The van der Waals surface area contributed by atoms with Crippen molar-refractivity contribution in [3.8, 4) is 16.3 Å². The predicted octanol–water partition coefficient (Wildman–Crippen LogP) is 3.68. The molecule has 1 aromatic heterocycles. The van der Waals surface area contributed by atoms with E-state index in [1.807, 2.05) is 24.3 Å². The molecule has 1 aromatic carbocycles. The lowest BCUT2D eigenvalue weighted by atomic mass is 9.97. The lowest BCUT2D eigenvalue weighted by molar-refractivity contribution is -0.137. The van der Waals surface area contributed by atoms with E-state index in [1.165, 1.54) is 11.3 Å². The number of thiazole rings is 1. The summed E-state index contributed by atoms with van der Waals surface area (Å²) in [6.45, 7) is 0.665. The molecule has 0 bridgehead atoms. The van der Waals surface area contributed by atoms with E-state index >= 15 is 0 Å². The Hall–Kier alpha value is -2.41. The number of benzene rings is 1. The minimum atomic E-state index is -0.821. The number of hydrogen-bond acceptors (Lipinski definition) is 5. The van der Waals surface area contributed by atoms with Crippen LogP contribution in [0.1, 0.15) is 42.6 Å². The second-order valence-corrected chi connectivity index (χ2v) is 7.21. The molecule has 0 aliphatic carbocycles. The molecule has 1 N–H and O–H groups in total. The normalized spacial score (nSPS) is 17.1. The van der Waals surface area contributed by atoms with Crippen molar-refractivity contribution in [2.24, 2.45) is 0 Å². The first-order valence-electron chi connectivity index (χ1n) is 8.71. The Morgan fingerprint density at radius 2 is 2.08 bits per heavy atom. The van der Waals surface area contributed by atoms with Crippen molar-refractivity contribution in [2.45, 2.75) is 38.1 Å². The molecule has 1 amide bonds. The summed E-state index contributed by atoms with van der Waals surface area (Å²) in [7, 11) is 1.62. The van der Waals surface area contributed by atoms with Crippen molar-refractivity contribution in [3.05, 3.63) is 35.3 Å². The van der Waals surface area contributed by atoms with Crippen LogP contribution in [0, 0.1) is 0 Å². The summed E-state index contributed by atoms with van der Waals surface area (Å²) in [5, 5.41) is 11.5. The summed E-state index contributed by atoms with van der Waals surface area (Å²) in [6.07, 6.45) is 3.42. The summed E-state index contributed by atoms with van der Waals surface area (Å²) in [4.78, 5) is 30.1. The van der Waals surface area contributed by atoms with Crippen molar-refractivity contribution in [2.75, 3.05) is 13.7 Å². The highest BCUT2D eigenvalue weighted by Crippen LogP contribution is 2.28. The standard InChI is InChI=1S/C19H22N2O4S/c1-25-15-8-5-13(6-9-15)18-20-16(12-26-18)19(24)21-11-3-2-4-14(21)7-10-17(22)23/h5-6,8-9,12,14H,2-4,7,10-11H2,1H3,(H,22,23)/t14-/m1/s1. The molecule has 1 aliphatic heterocycles. The Morgan fingerprint density at radius 3 is 2.77 bits per heavy atom. The molecular weight excluding hydrogens is 352 g/mol. The van der Waals surface area contributed by atoms with Gasteiger partial charge < -0.3 is 14.7 Å². The second-order valence-electron chi connectivity index (χ2n) is 6.35. The van der Waals surface area contributed by atoms with Gasteiger partial charge in [-0.05, 0) is 49.9 Å². The predicted molar refractivity (Wildman–Crippen MR) is 99.6 cm³/mol. The molecular formula is C19H22N2O4S. The van der Waals surface area contributed by atoms with Gasteiger partial charge in [0.05, 0.1) is 7.11 Å². The van der Waals surface area contributed by atoms with Crippen LogP contribution in [0.5, 0.6) is 5.75 Å². The minimum Gasteiger partial charge on any atom is -0.497 e. The van der Waals surface area contributed by atoms with Crippen molar-refractivity contribution in [3.63, 3.8) is 0 Å². The van der Waals surface area contributed by atoms with Gasteiger partial charge in [0.25, 0.3) is 5.91 Å². The molecule has 1 fully saturated rings. The zero-order valence-corrected chi connectivity index (χ0v) is 15.5. The lowest BCUT2D eigenvalue weighted by Gasteiger charge is -2.35. The van der Waals surface area contributed by atoms with E-state index < -0.39 is 5.97 Å². The number of methoxy groups -OCH3 is 1. The van der Waals surface area contributed by atoms with E-state index in [2.05, 4.69) is 4.98 Å². The van der Waals surface area contributed by atoms with Crippen LogP contribution in [0.3, 0.4) is 0 Å². The molecule has 26 heavy (non-hydrogen) atoms. The van der Waals surface area contributed by atoms with Crippen LogP contribution in [0.2, 0.25) is 0 Å². The summed E-state index contributed by atoms with van der Waals surface area (Å²) in [6, 6.07) is 7.55. The molecule has 6 nitrogen and oxygen atoms in total. The van der Waals surface area contributed by atoms with Gasteiger partial charge in [-0.15, -0.1) is 11.3 Å². The van der Waals surface area contributed by atoms with E-state index in [0.717, 1.165) is 35.6 Å². The fourth-order valence-electron chi connectivity index (χ4n) is 3.24. The zero-order valence-electron chi connectivity index (χ0n) is 14.7. The third-order valence-corrected chi connectivity index (χ3v) is 5.53. The fourth-order valence-corrected chi connectivity index (χ4v) is 4.04. The fraction of sp³-hybridized carbons (Fsp3) is 0.421. The van der Waals surface area contributed by atoms with Crippen LogP contribution >= 0.6 is 11.3 Å². The van der Waals surface area contributed by atoms with Crippen LogP contribution in [-0.2, 0) is 4.79 Å². The molecule has 0 unspecified atom stereocenters. The monoisotopic (exact) mass is 374 g/mol. The van der Waals surface area contributed by atoms with Crippen LogP contribution < -0.4 is 4.74 Å². The molecule has 1 atom stereocenters. The van der Waals surface area contributed by atoms with E-state index in [-0.39, 0.29) is 18.4 Å². The number of carbonyl (C=O) groups excluding carboxylic acids is 1. The number of amides is 1. The summed E-state index contributed by atoms with van der Waals surface area (Å²) < 4.78 is 5.16. The van der Waals surface area contributed by atoms with Gasteiger partial charge in [0.2, 0.25) is 0 Å². The van der Waals surface area contributed by atoms with Gasteiger partial charge in [-0.2, -0.15) is 0 Å². The van der Waals surface area contributed by atoms with Gasteiger partial charge in [-0.1, -0.05) is 0 Å². The highest BCUT2D eigenvalue weighted by atomic mass is 32.1. The van der Waals surface area contributed by atoms with Crippen LogP contribution in [0.25, 0.3) is 10.6 Å². The van der Waals surface area contributed by atoms with Crippen LogP contribution in [-0.4, -0.2) is 46.6 Å². The number of rotatable bonds is 6. The SMILES string of the molecule is COc1ccc(-c2nc(C(=O)N3CCCC[C@@H]3CCC(=O)O)cs2)cc1. The van der Waals surface area contributed by atoms with Crippen molar-refractivity contribution in [1.29, 1.82) is 0 Å². The van der Waals surface area contributed by atoms with Crippen LogP contribution in [0.15, 0.2) is 29.6 Å². The Labute approximate surface area is 156 Å². The minimum absolute atomic E-state index is 0.0153. The molecule has 2 heterocycles. The van der Waals surface area contributed by atoms with Gasteiger partial charge in [-0.25, -0.2) is 4.98 Å². The van der Waals surface area contributed by atoms with Gasteiger partial charge in [-0.3, -0.25) is 9.59 Å². The number of aromatic nitrogens is 1. The number of carboxylic acids is 1. The average molecular weight is 374 g/mol. The molecule has 1 aliphatic rings. The average Bonchev–Trinajstić information content (AvgIpc) is 3.16. The molecule has 1 saturated heterocycles. The maximum Gasteiger partial charge on any atom is 0.303 e. The van der Waals surface area contributed by atoms with Gasteiger partial charge in [0.15, 0.2) is 0 Å². The summed E-state index contributed by atoms with van der Waals surface area (Å²) >= 11 is 1.43. The maximum absolute atomic E-state index is 12.9. The van der Waals surface area contributed by atoms with Crippen molar-refractivity contribution in [1.82, 2.24) is 9.88 Å². The number of nitrogens with zero attached hydrogens (tertiary/aromatic N) is 2. The highest BCUT2D eigenvalue weighted by molar-refractivity contribution is 7.13. The molecule has 0 radical (unpaired) electrons. The molecule has 0 spiro atoms. The maximum atomic E-state index is 12.9.